The van der Waals surface area contributed by atoms with E-state index in [1.807, 2.05) is 23.2 Å². The normalized spacial score (nSPS) is 18.9. The molecule has 134 valence electrons. The van der Waals surface area contributed by atoms with Crippen LogP contribution in [0.1, 0.15) is 58.4 Å². The number of amides is 2. The van der Waals surface area contributed by atoms with E-state index in [0.29, 0.717) is 6.54 Å². The predicted molar refractivity (Wildman–Crippen MR) is 100 cm³/mol. The maximum Gasteiger partial charge on any atom is 0.258 e. The summed E-state index contributed by atoms with van der Waals surface area (Å²) in [6.45, 7) is 4.26. The molecule has 0 saturated carbocycles. The number of nitrogens with zero attached hydrogens (tertiary/aromatic N) is 2. The molecule has 5 heteroatoms. The number of nitrogens with one attached hydrogen (secondary N) is 1. The molecule has 1 aliphatic heterocycles. The molecular weight excluding hydrogens is 326 g/mol. The molecule has 1 aliphatic carbocycles. The first kappa shape index (κ1) is 16.8. The summed E-state index contributed by atoms with van der Waals surface area (Å²) in [5.74, 6) is 0.00898. The molecule has 2 heterocycles. The molecule has 1 N–H and O–H groups in total. The standard InChI is InChI=1S/C21H23N3O2/c1-13-6-7-16-15(10-13)8-9-24(21(16)26)20-12-22-11-18-17(20)4-3-5-19(18)23-14(2)25/h6-7,10-12,19H,3-5,8-9H2,1-2H3,(H,23,25)/t19-/m1/s1. The van der Waals surface area contributed by atoms with Crippen molar-refractivity contribution in [1.29, 1.82) is 0 Å². The van der Waals surface area contributed by atoms with E-state index >= 15 is 0 Å². The monoisotopic (exact) mass is 349 g/mol. The molecule has 0 radical (unpaired) electrons. The van der Waals surface area contributed by atoms with E-state index in [1.165, 1.54) is 5.56 Å². The SMILES string of the molecule is CC(=O)N[C@@H]1CCCc2c1cncc2N1CCc2cc(C)ccc2C1=O. The van der Waals surface area contributed by atoms with Crippen LogP contribution in [0.15, 0.2) is 30.6 Å². The van der Waals surface area contributed by atoms with Gasteiger partial charge in [-0.25, -0.2) is 0 Å². The Kier molecular flexibility index (Phi) is 4.23. The van der Waals surface area contributed by atoms with Crippen LogP contribution in [0, 0.1) is 6.92 Å². The van der Waals surface area contributed by atoms with Gasteiger partial charge in [0.2, 0.25) is 5.91 Å². The lowest BCUT2D eigenvalue weighted by Gasteiger charge is -2.33. The highest BCUT2D eigenvalue weighted by molar-refractivity contribution is 6.08. The Morgan fingerprint density at radius 3 is 2.92 bits per heavy atom. The third kappa shape index (κ3) is 2.87. The number of anilines is 1. The van der Waals surface area contributed by atoms with Crippen LogP contribution < -0.4 is 10.2 Å². The van der Waals surface area contributed by atoms with Gasteiger partial charge in [0.1, 0.15) is 0 Å². The lowest BCUT2D eigenvalue weighted by molar-refractivity contribution is -0.119. The molecule has 1 atom stereocenters. The van der Waals surface area contributed by atoms with Crippen LogP contribution in [0.25, 0.3) is 0 Å². The number of pyridine rings is 1. The highest BCUT2D eigenvalue weighted by Gasteiger charge is 2.30. The van der Waals surface area contributed by atoms with Gasteiger partial charge in [-0.05, 0) is 55.4 Å². The van der Waals surface area contributed by atoms with Crippen molar-refractivity contribution in [1.82, 2.24) is 10.3 Å². The maximum atomic E-state index is 13.1. The number of aryl methyl sites for hydroxylation is 1. The van der Waals surface area contributed by atoms with E-state index in [2.05, 4.69) is 23.3 Å². The number of aromatic nitrogens is 1. The Morgan fingerprint density at radius 2 is 2.12 bits per heavy atom. The van der Waals surface area contributed by atoms with Gasteiger partial charge in [0.25, 0.3) is 5.91 Å². The number of benzene rings is 1. The van der Waals surface area contributed by atoms with Gasteiger partial charge >= 0.3 is 0 Å². The molecule has 2 aromatic rings. The molecule has 1 aromatic heterocycles. The lowest BCUT2D eigenvalue weighted by atomic mass is 9.87. The molecule has 0 fully saturated rings. The van der Waals surface area contributed by atoms with Gasteiger partial charge in [0, 0.05) is 25.2 Å². The van der Waals surface area contributed by atoms with E-state index in [-0.39, 0.29) is 17.9 Å². The van der Waals surface area contributed by atoms with Crippen molar-refractivity contribution in [2.24, 2.45) is 0 Å². The minimum absolute atomic E-state index is 0.0153. The van der Waals surface area contributed by atoms with Crippen LogP contribution in [-0.2, 0) is 17.6 Å². The molecule has 2 amide bonds. The van der Waals surface area contributed by atoms with Crippen LogP contribution in [0.3, 0.4) is 0 Å². The topological polar surface area (TPSA) is 62.3 Å². The minimum atomic E-state index is -0.0356. The van der Waals surface area contributed by atoms with Gasteiger partial charge in [-0.3, -0.25) is 14.6 Å². The van der Waals surface area contributed by atoms with E-state index in [4.69, 9.17) is 0 Å². The van der Waals surface area contributed by atoms with Crippen molar-refractivity contribution in [2.45, 2.75) is 45.6 Å². The second-order valence-electron chi connectivity index (χ2n) is 7.24. The molecule has 2 aliphatic rings. The fraction of sp³-hybridized carbons (Fsp3) is 0.381. The molecule has 26 heavy (non-hydrogen) atoms. The molecule has 5 nitrogen and oxygen atoms in total. The van der Waals surface area contributed by atoms with E-state index in [9.17, 15) is 9.59 Å². The van der Waals surface area contributed by atoms with E-state index in [1.54, 1.807) is 13.1 Å². The largest absolute Gasteiger partial charge is 0.349 e. The zero-order valence-electron chi connectivity index (χ0n) is 15.2. The Morgan fingerprint density at radius 1 is 1.27 bits per heavy atom. The van der Waals surface area contributed by atoms with Crippen molar-refractivity contribution < 1.29 is 9.59 Å². The van der Waals surface area contributed by atoms with Crippen LogP contribution >= 0.6 is 0 Å². The van der Waals surface area contributed by atoms with Gasteiger partial charge in [0.15, 0.2) is 0 Å². The second kappa shape index (κ2) is 6.56. The zero-order valence-corrected chi connectivity index (χ0v) is 15.2. The quantitative estimate of drug-likeness (QED) is 0.906. The van der Waals surface area contributed by atoms with Crippen LogP contribution in [0.2, 0.25) is 0 Å². The average Bonchev–Trinajstić information content (AvgIpc) is 2.61. The third-order valence-electron chi connectivity index (χ3n) is 5.37. The molecule has 4 rings (SSSR count). The first-order valence-electron chi connectivity index (χ1n) is 9.20. The minimum Gasteiger partial charge on any atom is -0.349 e. The number of carbonyl (C=O) groups is 2. The summed E-state index contributed by atoms with van der Waals surface area (Å²) in [5.41, 5.74) is 6.19. The third-order valence-corrected chi connectivity index (χ3v) is 5.37. The summed E-state index contributed by atoms with van der Waals surface area (Å²) in [6, 6.07) is 6.02. The van der Waals surface area contributed by atoms with E-state index in [0.717, 1.165) is 53.6 Å². The maximum absolute atomic E-state index is 13.1. The summed E-state index contributed by atoms with van der Waals surface area (Å²) in [4.78, 5) is 30.9. The van der Waals surface area contributed by atoms with Gasteiger partial charge in [-0.15, -0.1) is 0 Å². The second-order valence-corrected chi connectivity index (χ2v) is 7.24. The first-order valence-corrected chi connectivity index (χ1v) is 9.20. The van der Waals surface area contributed by atoms with Crippen molar-refractivity contribution in [3.8, 4) is 0 Å². The van der Waals surface area contributed by atoms with Crippen molar-refractivity contribution >= 4 is 17.5 Å². The summed E-state index contributed by atoms with van der Waals surface area (Å²) >= 11 is 0. The molecule has 0 spiro atoms. The number of hydrogen-bond donors (Lipinski definition) is 1. The Balaban J connectivity index is 1.72. The molecule has 1 aromatic carbocycles. The van der Waals surface area contributed by atoms with Crippen molar-refractivity contribution in [2.75, 3.05) is 11.4 Å². The summed E-state index contributed by atoms with van der Waals surface area (Å²) in [5, 5.41) is 3.02. The van der Waals surface area contributed by atoms with E-state index < -0.39 is 0 Å². The average molecular weight is 349 g/mol. The first-order chi connectivity index (χ1) is 12.5. The zero-order chi connectivity index (χ0) is 18.3. The Hall–Kier alpha value is -2.69. The van der Waals surface area contributed by atoms with Gasteiger partial charge in [0.05, 0.1) is 17.9 Å². The molecule has 0 bridgehead atoms. The fourth-order valence-corrected chi connectivity index (χ4v) is 4.18. The van der Waals surface area contributed by atoms with Gasteiger partial charge in [-0.1, -0.05) is 17.7 Å². The highest BCUT2D eigenvalue weighted by Crippen LogP contribution is 2.36. The molecule has 0 saturated heterocycles. The molecular formula is C21H23N3O2. The predicted octanol–water partition coefficient (Wildman–Crippen LogP) is 3.11. The van der Waals surface area contributed by atoms with Crippen molar-refractivity contribution in [3.63, 3.8) is 0 Å². The Labute approximate surface area is 153 Å². The van der Waals surface area contributed by atoms with Gasteiger partial charge < -0.3 is 10.2 Å². The lowest BCUT2D eigenvalue weighted by Crippen LogP contribution is -2.39. The smallest absolute Gasteiger partial charge is 0.258 e. The number of rotatable bonds is 2. The fourth-order valence-electron chi connectivity index (χ4n) is 4.18. The highest BCUT2D eigenvalue weighted by atomic mass is 16.2. The van der Waals surface area contributed by atoms with Crippen LogP contribution in [0.4, 0.5) is 5.69 Å². The summed E-state index contributed by atoms with van der Waals surface area (Å²) < 4.78 is 0. The van der Waals surface area contributed by atoms with Crippen molar-refractivity contribution in [3.05, 3.63) is 58.4 Å². The number of fused-ring (bicyclic) bond motifs is 2. The molecule has 0 unspecified atom stereocenters. The number of hydrogen-bond acceptors (Lipinski definition) is 3. The summed E-state index contributed by atoms with van der Waals surface area (Å²) in [7, 11) is 0. The van der Waals surface area contributed by atoms with Gasteiger partial charge in [-0.2, -0.15) is 0 Å². The summed E-state index contributed by atoms with van der Waals surface area (Å²) in [6.07, 6.45) is 7.30. The Bertz CT molecular complexity index is 891. The van der Waals surface area contributed by atoms with Crippen LogP contribution in [-0.4, -0.2) is 23.3 Å². The van der Waals surface area contributed by atoms with Crippen LogP contribution in [0.5, 0.6) is 0 Å². The number of carbonyl (C=O) groups excluding carboxylic acids is 2.